The Morgan fingerprint density at radius 3 is 2.41 bits per heavy atom. The molecule has 1 spiro atoms. The normalized spacial score (nSPS) is 17.3. The average Bonchev–Trinajstić information content (AvgIpc) is 3.54. The number of anilines is 2. The van der Waals surface area contributed by atoms with E-state index >= 15 is 4.39 Å². The zero-order valence-corrected chi connectivity index (χ0v) is 24.2. The molecule has 1 N–H and O–H groups in total. The first-order valence-electron chi connectivity index (χ1n) is 13.1. The number of nitrogens with zero attached hydrogens (tertiary/aromatic N) is 3. The van der Waals surface area contributed by atoms with Crippen molar-refractivity contribution in [1.29, 1.82) is 0 Å². The van der Waals surface area contributed by atoms with Gasteiger partial charge in [0.2, 0.25) is 0 Å². The number of methoxy groups -OCH3 is 2. The topological polar surface area (TPSA) is 85.7 Å². The quantitative estimate of drug-likeness (QED) is 0.297. The molecule has 1 atom stereocenters. The van der Waals surface area contributed by atoms with E-state index < -0.39 is 23.2 Å². The first kappa shape index (κ1) is 26.8. The molecule has 210 valence electrons. The highest BCUT2D eigenvalue weighted by Crippen LogP contribution is 2.55. The number of imidazole rings is 1. The van der Waals surface area contributed by atoms with E-state index in [9.17, 15) is 9.59 Å². The number of aromatic nitrogens is 2. The van der Waals surface area contributed by atoms with E-state index in [-0.39, 0.29) is 17.5 Å². The van der Waals surface area contributed by atoms with E-state index in [0.717, 1.165) is 11.1 Å². The molecule has 8 nitrogen and oxygen atoms in total. The minimum atomic E-state index is -1.60. The van der Waals surface area contributed by atoms with Crippen LogP contribution in [0.4, 0.5) is 15.8 Å². The summed E-state index contributed by atoms with van der Waals surface area (Å²) in [7, 11) is 2.83. The van der Waals surface area contributed by atoms with Crippen molar-refractivity contribution in [1.82, 2.24) is 9.55 Å². The van der Waals surface area contributed by atoms with Crippen LogP contribution in [0.2, 0.25) is 5.02 Å². The van der Waals surface area contributed by atoms with E-state index in [0.29, 0.717) is 44.8 Å². The zero-order valence-electron chi connectivity index (χ0n) is 23.4. The number of hydrogen-bond acceptors (Lipinski definition) is 5. The average molecular weight is 575 g/mol. The van der Waals surface area contributed by atoms with E-state index in [1.54, 1.807) is 12.1 Å². The molecule has 2 aliphatic rings. The number of hydrogen-bond donors (Lipinski definition) is 1. The van der Waals surface area contributed by atoms with Gasteiger partial charge >= 0.3 is 0 Å². The number of fused-ring (bicyclic) bond motifs is 4. The second kappa shape index (κ2) is 9.34. The summed E-state index contributed by atoms with van der Waals surface area (Å²) in [4.78, 5) is 35.2. The fraction of sp³-hybridized carbons (Fsp3) is 0.258. The first-order valence-corrected chi connectivity index (χ1v) is 13.5. The van der Waals surface area contributed by atoms with Crippen LogP contribution in [0.15, 0.2) is 48.5 Å². The number of benzene rings is 3. The van der Waals surface area contributed by atoms with Crippen molar-refractivity contribution >= 4 is 34.8 Å². The van der Waals surface area contributed by atoms with Crippen LogP contribution in [-0.4, -0.2) is 35.6 Å². The molecule has 0 radical (unpaired) electrons. The number of rotatable bonds is 5. The van der Waals surface area contributed by atoms with E-state index in [4.69, 9.17) is 26.1 Å². The summed E-state index contributed by atoms with van der Waals surface area (Å²) >= 11 is 6.42. The lowest BCUT2D eigenvalue weighted by Crippen LogP contribution is -2.51. The van der Waals surface area contributed by atoms with Gasteiger partial charge < -0.3 is 19.4 Å². The fourth-order valence-corrected chi connectivity index (χ4v) is 6.17. The van der Waals surface area contributed by atoms with Gasteiger partial charge in [0.1, 0.15) is 11.6 Å². The van der Waals surface area contributed by atoms with Gasteiger partial charge in [0.05, 0.1) is 31.2 Å². The SMILES string of the molecule is COc1cc(OC)c(-c2nc3c(n2C(C)C)C2(C(=O)Nc4cc(C)ccc42)N(c2cc(Cl)ccc2C)C3=O)cc1F. The van der Waals surface area contributed by atoms with Crippen LogP contribution < -0.4 is 19.7 Å². The van der Waals surface area contributed by atoms with Crippen molar-refractivity contribution in [3.8, 4) is 22.9 Å². The zero-order chi connectivity index (χ0) is 29.4. The fourth-order valence-electron chi connectivity index (χ4n) is 6.00. The minimum absolute atomic E-state index is 0.00964. The van der Waals surface area contributed by atoms with Gasteiger partial charge in [-0.2, -0.15) is 0 Å². The molecule has 41 heavy (non-hydrogen) atoms. The molecule has 1 aromatic heterocycles. The molecule has 0 saturated carbocycles. The second-order valence-corrected chi connectivity index (χ2v) is 11.0. The molecule has 0 bridgehead atoms. The lowest BCUT2D eigenvalue weighted by atomic mass is 9.86. The molecule has 0 fully saturated rings. The Morgan fingerprint density at radius 1 is 1.00 bits per heavy atom. The smallest absolute Gasteiger partial charge is 0.280 e. The monoisotopic (exact) mass is 574 g/mol. The highest BCUT2D eigenvalue weighted by Gasteiger charge is 2.64. The Morgan fingerprint density at radius 2 is 1.73 bits per heavy atom. The largest absolute Gasteiger partial charge is 0.496 e. The molecular formula is C31H28ClFN4O4. The van der Waals surface area contributed by atoms with Crippen LogP contribution in [0.1, 0.15) is 52.8 Å². The lowest BCUT2D eigenvalue weighted by molar-refractivity contribution is -0.119. The third-order valence-corrected chi connectivity index (χ3v) is 8.01. The molecule has 6 rings (SSSR count). The molecule has 2 amide bonds. The highest BCUT2D eigenvalue weighted by atomic mass is 35.5. The summed E-state index contributed by atoms with van der Waals surface area (Å²) in [5.74, 6) is -0.862. The minimum Gasteiger partial charge on any atom is -0.496 e. The van der Waals surface area contributed by atoms with Crippen molar-refractivity contribution in [3.63, 3.8) is 0 Å². The number of carbonyl (C=O) groups excluding carboxylic acids is 2. The Kier molecular flexibility index (Phi) is 6.11. The van der Waals surface area contributed by atoms with Crippen molar-refractivity contribution in [2.75, 3.05) is 24.4 Å². The van der Waals surface area contributed by atoms with Crippen molar-refractivity contribution in [2.24, 2.45) is 0 Å². The summed E-state index contributed by atoms with van der Waals surface area (Å²) in [6, 6.07) is 13.3. The molecule has 0 aliphatic carbocycles. The third-order valence-electron chi connectivity index (χ3n) is 7.78. The molecule has 4 aromatic rings. The molecular weight excluding hydrogens is 547 g/mol. The molecule has 3 heterocycles. The molecule has 0 saturated heterocycles. The van der Waals surface area contributed by atoms with Crippen LogP contribution >= 0.6 is 11.6 Å². The molecule has 10 heteroatoms. The van der Waals surface area contributed by atoms with Gasteiger partial charge in [0.15, 0.2) is 22.8 Å². The van der Waals surface area contributed by atoms with Crippen LogP contribution in [0, 0.1) is 19.7 Å². The maximum atomic E-state index is 15.1. The predicted molar refractivity (Wildman–Crippen MR) is 155 cm³/mol. The summed E-state index contributed by atoms with van der Waals surface area (Å²) in [5.41, 5.74) is 2.63. The Balaban J connectivity index is 1.74. The van der Waals surface area contributed by atoms with Gasteiger partial charge in [-0.3, -0.25) is 14.5 Å². The lowest BCUT2D eigenvalue weighted by Gasteiger charge is -2.36. The predicted octanol–water partition coefficient (Wildman–Crippen LogP) is 6.41. The number of nitrogens with one attached hydrogen (secondary N) is 1. The number of carbonyl (C=O) groups is 2. The summed E-state index contributed by atoms with van der Waals surface area (Å²) in [6.07, 6.45) is 0. The third kappa shape index (κ3) is 3.61. The van der Waals surface area contributed by atoms with Gasteiger partial charge in [-0.1, -0.05) is 29.8 Å². The summed E-state index contributed by atoms with van der Waals surface area (Å²) in [5, 5.41) is 3.44. The number of aryl methyl sites for hydroxylation is 2. The Labute approximate surface area is 241 Å². The highest BCUT2D eigenvalue weighted by molar-refractivity contribution is 6.31. The van der Waals surface area contributed by atoms with Crippen LogP contribution in [0.3, 0.4) is 0 Å². The van der Waals surface area contributed by atoms with Crippen molar-refractivity contribution in [3.05, 3.63) is 87.4 Å². The van der Waals surface area contributed by atoms with Crippen molar-refractivity contribution in [2.45, 2.75) is 39.3 Å². The van der Waals surface area contributed by atoms with Crippen LogP contribution in [0.5, 0.6) is 11.5 Å². The summed E-state index contributed by atoms with van der Waals surface area (Å²) in [6.45, 7) is 7.64. The van der Waals surface area contributed by atoms with Gasteiger partial charge in [-0.25, -0.2) is 9.37 Å². The Hall–Kier alpha value is -4.37. The van der Waals surface area contributed by atoms with Gasteiger partial charge in [0.25, 0.3) is 11.8 Å². The first-order chi connectivity index (χ1) is 19.5. The maximum Gasteiger partial charge on any atom is 0.280 e. The maximum absolute atomic E-state index is 15.1. The number of amides is 2. The molecule has 3 aromatic carbocycles. The van der Waals surface area contributed by atoms with E-state index in [2.05, 4.69) is 5.32 Å². The van der Waals surface area contributed by atoms with E-state index in [1.807, 2.05) is 56.5 Å². The standard InChI is InChI=1S/C31H28ClFN4O4/c1-15(2)36-27-26(35-28(36)19-13-21(33)25(41-6)14-24(19)40-5)29(38)37(23-12-18(32)9-8-17(23)4)31(27)20-10-7-16(3)11-22(20)34-30(31)39/h7-15H,1-6H3,(H,34,39). The number of halogens is 2. The molecule has 1 unspecified atom stereocenters. The van der Waals surface area contributed by atoms with Gasteiger partial charge in [-0.15, -0.1) is 0 Å². The summed E-state index contributed by atoms with van der Waals surface area (Å²) < 4.78 is 27.6. The van der Waals surface area contributed by atoms with Crippen LogP contribution in [0.25, 0.3) is 11.4 Å². The second-order valence-electron chi connectivity index (χ2n) is 10.6. The van der Waals surface area contributed by atoms with Gasteiger partial charge in [-0.05, 0) is 63.1 Å². The number of ether oxygens (including phenoxy) is 2. The van der Waals surface area contributed by atoms with Crippen molar-refractivity contribution < 1.29 is 23.5 Å². The van der Waals surface area contributed by atoms with Crippen LogP contribution in [-0.2, 0) is 10.3 Å². The Bertz CT molecular complexity index is 1780. The van der Waals surface area contributed by atoms with Gasteiger partial charge in [0, 0.05) is 28.4 Å². The molecule has 2 aliphatic heterocycles. The van der Waals surface area contributed by atoms with E-state index in [1.165, 1.54) is 31.3 Å².